The van der Waals surface area contributed by atoms with Crippen LogP contribution in [0.2, 0.25) is 0 Å². The molecule has 1 atom stereocenters. The van der Waals surface area contributed by atoms with Crippen molar-refractivity contribution >= 4 is 6.09 Å². The molecule has 0 spiro atoms. The lowest BCUT2D eigenvalue weighted by atomic mass is 9.97. The minimum Gasteiger partial charge on any atom is -0.449 e. The molecule has 2 aromatic carbocycles. The van der Waals surface area contributed by atoms with Crippen LogP contribution in [0.5, 0.6) is 0 Å². The number of carbonyl (C=O) groups excluding carboxylic acids is 1. The molecular weight excluding hydrogens is 314 g/mol. The Labute approximate surface area is 148 Å². The largest absolute Gasteiger partial charge is 0.449 e. The number of ether oxygens (including phenoxy) is 1. The Kier molecular flexibility index (Phi) is 5.39. The molecule has 2 N–H and O–H groups in total. The van der Waals surface area contributed by atoms with E-state index in [-0.39, 0.29) is 18.4 Å². The second-order valence-electron chi connectivity index (χ2n) is 6.89. The van der Waals surface area contributed by atoms with E-state index >= 15 is 0 Å². The van der Waals surface area contributed by atoms with Crippen LogP contribution >= 0.6 is 0 Å². The molecule has 0 aromatic heterocycles. The van der Waals surface area contributed by atoms with Gasteiger partial charge in [-0.2, -0.15) is 0 Å². The van der Waals surface area contributed by atoms with Gasteiger partial charge < -0.3 is 15.2 Å². The van der Waals surface area contributed by atoms with Gasteiger partial charge >= 0.3 is 6.09 Å². The summed E-state index contributed by atoms with van der Waals surface area (Å²) in [7, 11) is 0. The molecule has 132 valence electrons. The summed E-state index contributed by atoms with van der Waals surface area (Å²) in [4.78, 5) is 12.1. The number of aliphatic hydroxyl groups excluding tert-OH is 1. The monoisotopic (exact) mass is 339 g/mol. The third-order valence-electron chi connectivity index (χ3n) is 5.03. The van der Waals surface area contributed by atoms with Crippen LogP contribution in [-0.2, 0) is 4.74 Å². The van der Waals surface area contributed by atoms with Gasteiger partial charge in [0.05, 0.1) is 0 Å². The SMILES string of the molecule is CC(C)[C@@H](CO)CNC(=O)OCC1c2ccccc2-c2ccccc21. The van der Waals surface area contributed by atoms with Crippen molar-refractivity contribution in [1.29, 1.82) is 0 Å². The maximum Gasteiger partial charge on any atom is 0.407 e. The molecule has 0 saturated carbocycles. The van der Waals surface area contributed by atoms with E-state index in [1.807, 2.05) is 38.1 Å². The Morgan fingerprint density at radius 3 is 2.16 bits per heavy atom. The predicted molar refractivity (Wildman–Crippen MR) is 98.5 cm³/mol. The molecule has 1 aliphatic rings. The van der Waals surface area contributed by atoms with E-state index in [9.17, 15) is 9.90 Å². The van der Waals surface area contributed by atoms with Gasteiger partial charge in [0, 0.05) is 25.0 Å². The molecule has 4 heteroatoms. The standard InChI is InChI=1S/C21H25NO3/c1-14(2)15(12-23)11-22-21(24)25-13-20-18-9-5-3-7-16(18)17-8-4-6-10-19(17)20/h3-10,14-15,20,23H,11-13H2,1-2H3,(H,22,24)/t15-/m1/s1. The van der Waals surface area contributed by atoms with E-state index in [0.29, 0.717) is 19.1 Å². The van der Waals surface area contributed by atoms with Crippen molar-refractivity contribution in [2.24, 2.45) is 11.8 Å². The van der Waals surface area contributed by atoms with Crippen molar-refractivity contribution in [3.63, 3.8) is 0 Å². The van der Waals surface area contributed by atoms with E-state index in [0.717, 1.165) is 0 Å². The molecule has 3 rings (SSSR count). The Bertz CT molecular complexity index is 696. The summed E-state index contributed by atoms with van der Waals surface area (Å²) in [6.45, 7) is 4.85. The number of benzene rings is 2. The number of alkyl carbamates (subject to hydrolysis) is 1. The molecule has 0 radical (unpaired) electrons. The Morgan fingerprint density at radius 1 is 1.08 bits per heavy atom. The molecule has 4 nitrogen and oxygen atoms in total. The zero-order valence-corrected chi connectivity index (χ0v) is 14.7. The van der Waals surface area contributed by atoms with Gasteiger partial charge in [-0.15, -0.1) is 0 Å². The Hall–Kier alpha value is -2.33. The second-order valence-corrected chi connectivity index (χ2v) is 6.89. The molecular formula is C21H25NO3. The number of fused-ring (bicyclic) bond motifs is 3. The van der Waals surface area contributed by atoms with Crippen molar-refractivity contribution in [2.45, 2.75) is 19.8 Å². The van der Waals surface area contributed by atoms with Crippen molar-refractivity contribution in [3.05, 3.63) is 59.7 Å². The highest BCUT2D eigenvalue weighted by molar-refractivity contribution is 5.79. The van der Waals surface area contributed by atoms with Gasteiger partial charge in [0.25, 0.3) is 0 Å². The van der Waals surface area contributed by atoms with Gasteiger partial charge in [0.2, 0.25) is 0 Å². The minimum atomic E-state index is -0.430. The predicted octanol–water partition coefficient (Wildman–Crippen LogP) is 3.79. The summed E-state index contributed by atoms with van der Waals surface area (Å²) < 4.78 is 5.48. The van der Waals surface area contributed by atoms with Crippen LogP contribution < -0.4 is 5.32 Å². The van der Waals surface area contributed by atoms with Crippen LogP contribution in [0.4, 0.5) is 4.79 Å². The minimum absolute atomic E-state index is 0.0421. The quantitative estimate of drug-likeness (QED) is 0.842. The number of amides is 1. The highest BCUT2D eigenvalue weighted by Crippen LogP contribution is 2.44. The fourth-order valence-electron chi connectivity index (χ4n) is 3.37. The molecule has 1 aliphatic carbocycles. The smallest absolute Gasteiger partial charge is 0.407 e. The lowest BCUT2D eigenvalue weighted by Crippen LogP contribution is -2.34. The average Bonchev–Trinajstić information content (AvgIpc) is 2.94. The van der Waals surface area contributed by atoms with E-state index < -0.39 is 6.09 Å². The number of hydrogen-bond acceptors (Lipinski definition) is 3. The normalized spacial score (nSPS) is 14.1. The van der Waals surface area contributed by atoms with Gasteiger partial charge in [-0.3, -0.25) is 0 Å². The van der Waals surface area contributed by atoms with Crippen molar-refractivity contribution in [1.82, 2.24) is 5.32 Å². The third kappa shape index (κ3) is 3.69. The van der Waals surface area contributed by atoms with Crippen LogP contribution in [0.25, 0.3) is 11.1 Å². The van der Waals surface area contributed by atoms with E-state index in [2.05, 4.69) is 29.6 Å². The van der Waals surface area contributed by atoms with Gasteiger partial charge in [0.1, 0.15) is 6.61 Å². The van der Waals surface area contributed by atoms with Gasteiger partial charge in [-0.1, -0.05) is 62.4 Å². The Balaban J connectivity index is 1.65. The lowest BCUT2D eigenvalue weighted by molar-refractivity contribution is 0.134. The summed E-state index contributed by atoms with van der Waals surface area (Å²) in [5.74, 6) is 0.413. The van der Waals surface area contributed by atoms with Crippen LogP contribution in [0.15, 0.2) is 48.5 Å². The Morgan fingerprint density at radius 2 is 1.64 bits per heavy atom. The lowest BCUT2D eigenvalue weighted by Gasteiger charge is -2.19. The molecule has 2 aromatic rings. The fourth-order valence-corrected chi connectivity index (χ4v) is 3.37. The summed E-state index contributed by atoms with van der Waals surface area (Å²) in [5, 5.41) is 12.1. The topological polar surface area (TPSA) is 58.6 Å². The summed E-state index contributed by atoms with van der Waals surface area (Å²) in [6, 6.07) is 16.5. The van der Waals surface area contributed by atoms with Crippen LogP contribution in [-0.4, -0.2) is 31.0 Å². The summed E-state index contributed by atoms with van der Waals surface area (Å²) in [6.07, 6.45) is -0.430. The molecule has 0 aliphatic heterocycles. The number of carbonyl (C=O) groups is 1. The van der Waals surface area contributed by atoms with Crippen molar-refractivity contribution in [3.8, 4) is 11.1 Å². The second kappa shape index (κ2) is 7.70. The van der Waals surface area contributed by atoms with Crippen LogP contribution in [0, 0.1) is 11.8 Å². The first-order valence-corrected chi connectivity index (χ1v) is 8.81. The molecule has 0 unspecified atom stereocenters. The summed E-state index contributed by atoms with van der Waals surface area (Å²) >= 11 is 0. The van der Waals surface area contributed by atoms with E-state index in [1.165, 1.54) is 22.3 Å². The zero-order chi connectivity index (χ0) is 17.8. The number of hydrogen-bond donors (Lipinski definition) is 2. The maximum atomic E-state index is 12.1. The molecule has 25 heavy (non-hydrogen) atoms. The summed E-state index contributed by atoms with van der Waals surface area (Å²) in [5.41, 5.74) is 4.83. The number of rotatable bonds is 6. The first-order chi connectivity index (χ1) is 12.1. The van der Waals surface area contributed by atoms with Gasteiger partial charge in [-0.05, 0) is 28.2 Å². The highest BCUT2D eigenvalue weighted by atomic mass is 16.5. The van der Waals surface area contributed by atoms with Crippen LogP contribution in [0.3, 0.4) is 0 Å². The average molecular weight is 339 g/mol. The molecule has 0 bridgehead atoms. The highest BCUT2D eigenvalue weighted by Gasteiger charge is 2.29. The zero-order valence-electron chi connectivity index (χ0n) is 14.7. The molecule has 1 amide bonds. The van der Waals surface area contributed by atoms with E-state index in [4.69, 9.17) is 4.74 Å². The van der Waals surface area contributed by atoms with E-state index in [1.54, 1.807) is 0 Å². The maximum absolute atomic E-state index is 12.1. The molecule has 0 fully saturated rings. The van der Waals surface area contributed by atoms with Crippen molar-refractivity contribution < 1.29 is 14.6 Å². The first kappa shape index (κ1) is 17.5. The number of nitrogens with one attached hydrogen (secondary N) is 1. The third-order valence-corrected chi connectivity index (χ3v) is 5.03. The molecule has 0 saturated heterocycles. The van der Waals surface area contributed by atoms with Gasteiger partial charge in [-0.25, -0.2) is 4.79 Å². The number of aliphatic hydroxyl groups is 1. The molecule has 0 heterocycles. The fraction of sp³-hybridized carbons (Fsp3) is 0.381. The van der Waals surface area contributed by atoms with Crippen LogP contribution in [0.1, 0.15) is 30.9 Å². The van der Waals surface area contributed by atoms with Gasteiger partial charge in [0.15, 0.2) is 0 Å². The van der Waals surface area contributed by atoms with Crippen molar-refractivity contribution in [2.75, 3.05) is 19.8 Å². The first-order valence-electron chi connectivity index (χ1n) is 8.81.